The van der Waals surface area contributed by atoms with Crippen LogP contribution in [0.25, 0.3) is 0 Å². The van der Waals surface area contributed by atoms with E-state index in [1.165, 1.54) is 4.68 Å². The second-order valence-electron chi connectivity index (χ2n) is 4.20. The maximum Gasteiger partial charge on any atom is 0.414 e. The van der Waals surface area contributed by atoms with Gasteiger partial charge in [-0.2, -0.15) is 0 Å². The van der Waals surface area contributed by atoms with Crippen molar-refractivity contribution in [3.63, 3.8) is 0 Å². The smallest absolute Gasteiger partial charge is 0.414 e. The quantitative estimate of drug-likeness (QED) is 0.626. The standard InChI is InChI=1S/C10H15N3O3/c1-5-6-13-7-8(16-12-13)11-9(14)15-10(2,3)4/h5,7H,1,6H2,2-4H3/p+1. The van der Waals surface area contributed by atoms with Gasteiger partial charge in [-0.1, -0.05) is 6.58 Å². The fourth-order valence-electron chi connectivity index (χ4n) is 0.957. The molecule has 0 spiro atoms. The van der Waals surface area contributed by atoms with Gasteiger partial charge in [0.1, 0.15) is 5.60 Å². The Labute approximate surface area is 93.8 Å². The number of carbonyl (C=O) groups excluding carboxylic acids is 1. The molecule has 0 fully saturated rings. The van der Waals surface area contributed by atoms with Crippen LogP contribution in [0.5, 0.6) is 0 Å². The molecule has 0 atom stereocenters. The van der Waals surface area contributed by atoms with Crippen LogP contribution in [0.3, 0.4) is 0 Å². The van der Waals surface area contributed by atoms with Gasteiger partial charge in [-0.05, 0) is 31.5 Å². The molecule has 0 unspecified atom stereocenters. The minimum absolute atomic E-state index is 0.233. The van der Waals surface area contributed by atoms with Crippen molar-refractivity contribution in [2.75, 3.05) is 5.32 Å². The van der Waals surface area contributed by atoms with Crippen LogP contribution in [0.15, 0.2) is 23.4 Å². The van der Waals surface area contributed by atoms with Gasteiger partial charge in [-0.3, -0.25) is 9.84 Å². The van der Waals surface area contributed by atoms with Crippen molar-refractivity contribution in [1.29, 1.82) is 0 Å². The van der Waals surface area contributed by atoms with Crippen molar-refractivity contribution >= 4 is 12.0 Å². The Morgan fingerprint density at radius 2 is 2.44 bits per heavy atom. The number of allylic oxidation sites excluding steroid dienone is 1. The maximum absolute atomic E-state index is 11.3. The fourth-order valence-corrected chi connectivity index (χ4v) is 0.957. The van der Waals surface area contributed by atoms with Gasteiger partial charge in [0, 0.05) is 0 Å². The summed E-state index contributed by atoms with van der Waals surface area (Å²) in [6, 6.07) is 0. The Kier molecular flexibility index (Phi) is 3.65. The van der Waals surface area contributed by atoms with Gasteiger partial charge in [0.05, 0.1) is 0 Å². The maximum atomic E-state index is 11.3. The molecule has 1 heterocycles. The van der Waals surface area contributed by atoms with Crippen molar-refractivity contribution in [1.82, 2.24) is 5.27 Å². The van der Waals surface area contributed by atoms with E-state index in [1.807, 2.05) is 0 Å². The predicted molar refractivity (Wildman–Crippen MR) is 56.8 cm³/mol. The SMILES string of the molecule is C=CC[n+]1cc(NC(=O)OC(C)(C)C)on1. The summed E-state index contributed by atoms with van der Waals surface area (Å²) in [5.74, 6) is 0.233. The van der Waals surface area contributed by atoms with Crippen molar-refractivity contribution in [2.24, 2.45) is 0 Å². The summed E-state index contributed by atoms with van der Waals surface area (Å²) in [5.41, 5.74) is -0.540. The third kappa shape index (κ3) is 4.12. The van der Waals surface area contributed by atoms with E-state index in [4.69, 9.17) is 9.26 Å². The highest BCUT2D eigenvalue weighted by atomic mass is 16.6. The Balaban J connectivity index is 2.53. The first-order valence-electron chi connectivity index (χ1n) is 4.88. The first-order valence-corrected chi connectivity index (χ1v) is 4.88. The second kappa shape index (κ2) is 4.78. The molecule has 0 aromatic carbocycles. The zero-order valence-corrected chi connectivity index (χ0v) is 9.69. The second-order valence-corrected chi connectivity index (χ2v) is 4.20. The lowest BCUT2D eigenvalue weighted by molar-refractivity contribution is -0.753. The molecule has 1 aromatic heterocycles. The van der Waals surface area contributed by atoms with Gasteiger partial charge < -0.3 is 4.74 Å². The molecule has 6 heteroatoms. The Hall–Kier alpha value is -1.85. The molecule has 0 saturated carbocycles. The highest BCUT2D eigenvalue weighted by Gasteiger charge is 2.19. The van der Waals surface area contributed by atoms with Crippen molar-refractivity contribution in [2.45, 2.75) is 32.9 Å². The van der Waals surface area contributed by atoms with Crippen molar-refractivity contribution in [3.8, 4) is 0 Å². The number of nitrogens with zero attached hydrogens (tertiary/aromatic N) is 2. The van der Waals surface area contributed by atoms with Crippen LogP contribution in [-0.2, 0) is 11.3 Å². The first-order chi connectivity index (χ1) is 7.40. The predicted octanol–water partition coefficient (Wildman–Crippen LogP) is 1.50. The van der Waals surface area contributed by atoms with E-state index >= 15 is 0 Å². The molecule has 88 valence electrons. The number of nitrogens with one attached hydrogen (secondary N) is 1. The van der Waals surface area contributed by atoms with Gasteiger partial charge in [0.15, 0.2) is 6.54 Å². The Bertz CT molecular complexity index is 379. The van der Waals surface area contributed by atoms with E-state index in [0.29, 0.717) is 6.54 Å². The molecule has 0 radical (unpaired) electrons. The largest absolute Gasteiger partial charge is 0.444 e. The van der Waals surface area contributed by atoms with E-state index in [2.05, 4.69) is 17.2 Å². The zero-order chi connectivity index (χ0) is 12.2. The molecule has 0 aliphatic rings. The fraction of sp³-hybridized carbons (Fsp3) is 0.500. The Morgan fingerprint density at radius 1 is 1.75 bits per heavy atom. The summed E-state index contributed by atoms with van der Waals surface area (Å²) in [6.45, 7) is 9.42. The van der Waals surface area contributed by atoms with Gasteiger partial charge in [-0.25, -0.2) is 4.79 Å². The van der Waals surface area contributed by atoms with Crippen molar-refractivity contribution in [3.05, 3.63) is 18.9 Å². The van der Waals surface area contributed by atoms with Crippen LogP contribution >= 0.6 is 0 Å². The molecule has 0 aliphatic heterocycles. The monoisotopic (exact) mass is 226 g/mol. The molecular weight excluding hydrogens is 210 g/mol. The molecule has 1 amide bonds. The minimum atomic E-state index is -0.575. The van der Waals surface area contributed by atoms with Crippen LogP contribution in [0.2, 0.25) is 0 Å². The van der Waals surface area contributed by atoms with Gasteiger partial charge >= 0.3 is 12.0 Å². The molecule has 6 nitrogen and oxygen atoms in total. The van der Waals surface area contributed by atoms with Crippen LogP contribution in [0.4, 0.5) is 10.7 Å². The summed E-state index contributed by atoms with van der Waals surface area (Å²) in [7, 11) is 0. The van der Waals surface area contributed by atoms with Crippen LogP contribution in [0, 0.1) is 0 Å². The summed E-state index contributed by atoms with van der Waals surface area (Å²) >= 11 is 0. The third-order valence-corrected chi connectivity index (χ3v) is 1.45. The van der Waals surface area contributed by atoms with Crippen LogP contribution in [0.1, 0.15) is 20.8 Å². The molecular formula is C10H16N3O3+. The van der Waals surface area contributed by atoms with E-state index in [9.17, 15) is 4.79 Å². The molecule has 16 heavy (non-hydrogen) atoms. The van der Waals surface area contributed by atoms with Gasteiger partial charge in [-0.15, -0.1) is 0 Å². The molecule has 1 aromatic rings. The molecule has 0 saturated heterocycles. The van der Waals surface area contributed by atoms with Crippen LogP contribution < -0.4 is 10.00 Å². The molecule has 1 N–H and O–H groups in total. The summed E-state index contributed by atoms with van der Waals surface area (Å²) in [5, 5.41) is 6.09. The number of hydrogen-bond acceptors (Lipinski definition) is 4. The number of carbonyl (C=O) groups is 1. The van der Waals surface area contributed by atoms with E-state index in [-0.39, 0.29) is 5.88 Å². The number of anilines is 1. The van der Waals surface area contributed by atoms with Crippen molar-refractivity contribution < 1.29 is 18.7 Å². The highest BCUT2D eigenvalue weighted by molar-refractivity contribution is 5.82. The van der Waals surface area contributed by atoms with E-state index < -0.39 is 11.7 Å². The van der Waals surface area contributed by atoms with Gasteiger partial charge in [0.25, 0.3) is 6.20 Å². The summed E-state index contributed by atoms with van der Waals surface area (Å²) in [4.78, 5) is 11.3. The molecule has 1 rings (SSSR count). The zero-order valence-electron chi connectivity index (χ0n) is 9.69. The minimum Gasteiger partial charge on any atom is -0.444 e. The van der Waals surface area contributed by atoms with Gasteiger partial charge in [0.2, 0.25) is 5.27 Å². The first kappa shape index (κ1) is 12.2. The molecule has 0 bridgehead atoms. The topological polar surface area (TPSA) is 68.2 Å². The molecule has 0 aliphatic carbocycles. The summed E-state index contributed by atoms with van der Waals surface area (Å²) in [6.07, 6.45) is 2.64. The lowest BCUT2D eigenvalue weighted by Crippen LogP contribution is -2.33. The lowest BCUT2D eigenvalue weighted by atomic mass is 10.2. The average Bonchev–Trinajstić information content (AvgIpc) is 2.49. The highest BCUT2D eigenvalue weighted by Crippen LogP contribution is 2.09. The number of rotatable bonds is 3. The average molecular weight is 226 g/mol. The Morgan fingerprint density at radius 3 is 3.00 bits per heavy atom. The number of ether oxygens (including phenoxy) is 1. The summed E-state index contributed by atoms with van der Waals surface area (Å²) < 4.78 is 11.4. The lowest BCUT2D eigenvalue weighted by Gasteiger charge is -2.18. The normalized spacial score (nSPS) is 10.9. The number of hydrogen-bond donors (Lipinski definition) is 1. The number of amides is 1. The van der Waals surface area contributed by atoms with E-state index in [1.54, 1.807) is 33.0 Å². The third-order valence-electron chi connectivity index (χ3n) is 1.45. The van der Waals surface area contributed by atoms with E-state index in [0.717, 1.165) is 0 Å². The van der Waals surface area contributed by atoms with Crippen LogP contribution in [-0.4, -0.2) is 17.0 Å². The number of aromatic nitrogens is 2.